The Morgan fingerprint density at radius 3 is 2.00 bits per heavy atom. The highest BCUT2D eigenvalue weighted by Crippen LogP contribution is 2.24. The van der Waals surface area contributed by atoms with Crippen LogP contribution in [0.1, 0.15) is 114 Å². The van der Waals surface area contributed by atoms with E-state index in [1.807, 2.05) is 27.7 Å². The Morgan fingerprint density at radius 1 is 0.849 bits per heavy atom. The van der Waals surface area contributed by atoms with Gasteiger partial charge in [0.05, 0.1) is 25.7 Å². The summed E-state index contributed by atoms with van der Waals surface area (Å²) in [5.74, 6) is -8.04. The van der Waals surface area contributed by atoms with Gasteiger partial charge < -0.3 is 60.0 Å². The number of aliphatic hydroxyl groups excluding tert-OH is 2. The first-order valence-corrected chi connectivity index (χ1v) is 25.4. The lowest BCUT2D eigenvalue weighted by Gasteiger charge is -2.36. The minimum Gasteiger partial charge on any atom is -0.497 e. The first-order chi connectivity index (χ1) is 34.0. The molecule has 21 heteroatoms. The number of carbonyl (C=O) groups excluding carboxylic acids is 9. The van der Waals surface area contributed by atoms with Gasteiger partial charge in [-0.3, -0.25) is 38.4 Å². The highest BCUT2D eigenvalue weighted by atomic mass is 16.6. The van der Waals surface area contributed by atoms with Crippen molar-refractivity contribution >= 4 is 53.3 Å². The highest BCUT2D eigenvalue weighted by molar-refractivity contribution is 5.96. The van der Waals surface area contributed by atoms with Gasteiger partial charge >= 0.3 is 11.9 Å². The highest BCUT2D eigenvalue weighted by Gasteiger charge is 2.44. The van der Waals surface area contributed by atoms with Crippen molar-refractivity contribution in [2.45, 2.75) is 181 Å². The van der Waals surface area contributed by atoms with Gasteiger partial charge in [-0.1, -0.05) is 67.5 Å². The molecule has 0 aromatic heterocycles. The van der Waals surface area contributed by atoms with Crippen molar-refractivity contribution in [1.82, 2.24) is 35.6 Å². The largest absolute Gasteiger partial charge is 0.497 e. The van der Waals surface area contributed by atoms with E-state index in [4.69, 9.17) is 14.2 Å². The van der Waals surface area contributed by atoms with E-state index >= 15 is 0 Å². The number of ether oxygens (including phenoxy) is 3. The molecule has 21 nitrogen and oxygen atoms in total. The number of likely N-dealkylation sites (N-methyl/N-ethyl adjacent to an activating group) is 3. The van der Waals surface area contributed by atoms with Gasteiger partial charge in [-0.15, -0.1) is 0 Å². The van der Waals surface area contributed by atoms with Crippen LogP contribution in [0.15, 0.2) is 24.3 Å². The molecule has 0 spiro atoms. The van der Waals surface area contributed by atoms with Crippen molar-refractivity contribution in [2.75, 3.05) is 34.8 Å². The van der Waals surface area contributed by atoms with Crippen LogP contribution in [0, 0.1) is 23.7 Å². The van der Waals surface area contributed by atoms with Gasteiger partial charge in [0, 0.05) is 34.1 Å². The zero-order valence-electron chi connectivity index (χ0n) is 45.5. The molecule has 1 aromatic carbocycles. The number of nitrogens with one attached hydrogen (secondary N) is 3. The van der Waals surface area contributed by atoms with E-state index in [0.717, 1.165) is 9.80 Å². The number of cyclic esters (lactones) is 2. The van der Waals surface area contributed by atoms with Crippen LogP contribution in [0.2, 0.25) is 0 Å². The van der Waals surface area contributed by atoms with Crippen LogP contribution in [0.25, 0.3) is 0 Å². The fraction of sp³-hybridized carbons (Fsp3) is 0.712. The molecule has 0 radical (unpaired) electrons. The number of aliphatic hydroxyl groups is 2. The van der Waals surface area contributed by atoms with E-state index in [1.54, 1.807) is 52.0 Å². The van der Waals surface area contributed by atoms with Gasteiger partial charge in [0.2, 0.25) is 29.5 Å². The number of hydrogen-bond donors (Lipinski definition) is 5. The molecular weight excluding hydrogens is 947 g/mol. The van der Waals surface area contributed by atoms with Crippen molar-refractivity contribution in [2.24, 2.45) is 23.7 Å². The summed E-state index contributed by atoms with van der Waals surface area (Å²) in [5.41, 5.74) is 0.574. The number of benzene rings is 1. The molecule has 1 aromatic rings. The number of methoxy groups -OCH3 is 1. The summed E-state index contributed by atoms with van der Waals surface area (Å²) in [7, 11) is 5.65. The summed E-state index contributed by atoms with van der Waals surface area (Å²) in [6, 6.07) is -2.21. The van der Waals surface area contributed by atoms with E-state index in [2.05, 4.69) is 16.0 Å². The Kier molecular flexibility index (Phi) is 23.1. The molecule has 0 aliphatic carbocycles. The van der Waals surface area contributed by atoms with Crippen LogP contribution in [0.3, 0.4) is 0 Å². The number of esters is 2. The molecule has 73 heavy (non-hydrogen) atoms. The molecule has 2 aliphatic rings. The smallest absolute Gasteiger partial charge is 0.329 e. The molecule has 7 amide bonds. The topological polar surface area (TPSA) is 271 Å². The molecule has 1 unspecified atom stereocenters. The summed E-state index contributed by atoms with van der Waals surface area (Å²) >= 11 is 0. The maximum absolute atomic E-state index is 14.8. The van der Waals surface area contributed by atoms with Gasteiger partial charge in [-0.2, -0.15) is 0 Å². The second kappa shape index (κ2) is 27.5. The minimum atomic E-state index is -1.74. The molecule has 0 bridgehead atoms. The van der Waals surface area contributed by atoms with Crippen LogP contribution in [0.4, 0.5) is 0 Å². The second-order valence-corrected chi connectivity index (χ2v) is 21.1. The fourth-order valence-corrected chi connectivity index (χ4v) is 9.08. The molecule has 2 aliphatic heterocycles. The van der Waals surface area contributed by atoms with E-state index in [-0.39, 0.29) is 44.1 Å². The predicted molar refractivity (Wildman–Crippen MR) is 269 cm³/mol. The van der Waals surface area contributed by atoms with E-state index < -0.39 is 138 Å². The van der Waals surface area contributed by atoms with Gasteiger partial charge in [0.1, 0.15) is 54.2 Å². The first-order valence-electron chi connectivity index (χ1n) is 25.4. The standard InChI is InChI=1S/C52H83N7O14/c1-27(2)23-36-50(68)56(12)31(9)48(66)58(14)39(25-34-18-20-35(71-15)21-19-34)52(70)72-33(11)43(46(64)54-42(29(5)6)40(61)26-41(62)73-44(30(7)8)47(65)53-36)55-45(63)38(24-28(3)4)57(13)51(69)37-17-16-22-59(37)49(67)32(10)60/h18-21,27-33,36-40,42-44,60-61H,16-17,22-26H2,1-15H3,(H,53,65)(H,54,64)(H,55,63)/t31-,32-,33+,36-,37?,38+,39-,40-,42+,43-,44-/m0/s1. The number of amides is 7. The summed E-state index contributed by atoms with van der Waals surface area (Å²) in [6.07, 6.45) is -5.74. The van der Waals surface area contributed by atoms with Crippen LogP contribution in [-0.4, -0.2) is 185 Å². The van der Waals surface area contributed by atoms with E-state index in [0.29, 0.717) is 17.7 Å². The monoisotopic (exact) mass is 1030 g/mol. The third-order valence-corrected chi connectivity index (χ3v) is 13.6. The number of carbonyl (C=O) groups is 9. The van der Waals surface area contributed by atoms with Crippen LogP contribution in [0.5, 0.6) is 5.75 Å². The number of rotatable bonds is 14. The SMILES string of the molecule is COc1ccc(C[C@H]2C(=O)O[C@H](C)[C@H](NC(=O)[C@@H](CC(C)C)N(C)C(=O)C3CCCN3C(=O)[C@H](C)O)C(=O)N[C@H](C(C)C)[C@@H](O)CC(=O)O[C@@H](C(C)C)C(=O)N[C@@H](CC(C)C)C(=O)N(C)[C@@H](C)C(=O)N2C)cc1. The Bertz CT molecular complexity index is 2100. The lowest BCUT2D eigenvalue weighted by molar-refractivity contribution is -0.162. The Hall–Kier alpha value is -5.83. The van der Waals surface area contributed by atoms with Gasteiger partial charge in [-0.25, -0.2) is 4.79 Å². The molecule has 3 rings (SSSR count). The molecule has 5 N–H and O–H groups in total. The third kappa shape index (κ3) is 16.6. The van der Waals surface area contributed by atoms with Crippen LogP contribution in [-0.2, 0) is 59.0 Å². The average molecular weight is 1030 g/mol. The number of likely N-dealkylation sites (tertiary alicyclic amines) is 1. The van der Waals surface area contributed by atoms with Crippen molar-refractivity contribution in [1.29, 1.82) is 0 Å². The zero-order chi connectivity index (χ0) is 55.3. The Morgan fingerprint density at radius 2 is 1.47 bits per heavy atom. The molecule has 2 heterocycles. The van der Waals surface area contributed by atoms with Crippen LogP contribution >= 0.6 is 0 Å². The van der Waals surface area contributed by atoms with Crippen molar-refractivity contribution in [3.63, 3.8) is 0 Å². The van der Waals surface area contributed by atoms with E-state index in [1.165, 1.54) is 58.8 Å². The Labute approximate surface area is 430 Å². The zero-order valence-corrected chi connectivity index (χ0v) is 45.5. The second-order valence-electron chi connectivity index (χ2n) is 21.1. The maximum Gasteiger partial charge on any atom is 0.329 e. The molecule has 410 valence electrons. The summed E-state index contributed by atoms with van der Waals surface area (Å²) < 4.78 is 17.1. The minimum absolute atomic E-state index is 0.0860. The number of nitrogens with zero attached hydrogens (tertiary/aromatic N) is 4. The number of hydrogen-bond acceptors (Lipinski definition) is 14. The Balaban J connectivity index is 2.23. The molecule has 2 fully saturated rings. The maximum atomic E-state index is 14.8. The normalized spacial score (nSPS) is 26.5. The first kappa shape index (κ1) is 61.5. The van der Waals surface area contributed by atoms with Gasteiger partial charge in [-0.05, 0) is 87.8 Å². The molecule has 0 saturated carbocycles. The van der Waals surface area contributed by atoms with Gasteiger partial charge in [0.15, 0.2) is 6.10 Å². The van der Waals surface area contributed by atoms with Crippen molar-refractivity contribution < 1.29 is 67.6 Å². The predicted octanol–water partition coefficient (Wildman–Crippen LogP) is 1.58. The van der Waals surface area contributed by atoms with Gasteiger partial charge in [0.25, 0.3) is 11.8 Å². The summed E-state index contributed by atoms with van der Waals surface area (Å²) in [5, 5.41) is 29.9. The summed E-state index contributed by atoms with van der Waals surface area (Å²) in [6.45, 7) is 18.3. The summed E-state index contributed by atoms with van der Waals surface area (Å²) in [4.78, 5) is 132. The van der Waals surface area contributed by atoms with Crippen molar-refractivity contribution in [3.05, 3.63) is 29.8 Å². The fourth-order valence-electron chi connectivity index (χ4n) is 9.08. The molecular formula is C52H83N7O14. The molecule has 2 saturated heterocycles. The van der Waals surface area contributed by atoms with Crippen LogP contribution < -0.4 is 20.7 Å². The van der Waals surface area contributed by atoms with E-state index in [9.17, 15) is 53.4 Å². The lowest BCUT2D eigenvalue weighted by Crippen LogP contribution is -2.62. The van der Waals surface area contributed by atoms with Crippen molar-refractivity contribution in [3.8, 4) is 5.75 Å². The lowest BCUT2D eigenvalue weighted by atomic mass is 9.95. The third-order valence-electron chi connectivity index (χ3n) is 13.6. The molecule has 11 atom stereocenters. The quantitative estimate of drug-likeness (QED) is 0.166. The average Bonchev–Trinajstić information content (AvgIpc) is 3.82.